The molecule has 0 aliphatic carbocycles. The van der Waals surface area contributed by atoms with Gasteiger partial charge in [-0.1, -0.05) is 41.9 Å². The number of nitrogens with two attached hydrogens (primary N) is 1. The van der Waals surface area contributed by atoms with Crippen molar-refractivity contribution in [1.82, 2.24) is 9.38 Å². The zero-order chi connectivity index (χ0) is 15.8. The van der Waals surface area contributed by atoms with E-state index in [0.717, 1.165) is 28.0 Å². The summed E-state index contributed by atoms with van der Waals surface area (Å²) >= 11 is 6.14. The van der Waals surface area contributed by atoms with Gasteiger partial charge in [0, 0.05) is 39.8 Å². The minimum Gasteiger partial charge on any atom is -0.398 e. The van der Waals surface area contributed by atoms with Crippen LogP contribution in [0.3, 0.4) is 0 Å². The van der Waals surface area contributed by atoms with Crippen LogP contribution in [0.15, 0.2) is 73.1 Å². The van der Waals surface area contributed by atoms with E-state index in [0.29, 0.717) is 10.7 Å². The molecule has 112 valence electrons. The Morgan fingerprint density at radius 3 is 2.57 bits per heavy atom. The van der Waals surface area contributed by atoms with Crippen molar-refractivity contribution in [3.8, 4) is 22.4 Å². The summed E-state index contributed by atoms with van der Waals surface area (Å²) in [4.78, 5) is 4.79. The molecule has 4 heteroatoms. The molecule has 4 aromatic rings. The van der Waals surface area contributed by atoms with Crippen molar-refractivity contribution in [2.75, 3.05) is 5.73 Å². The molecule has 0 radical (unpaired) electrons. The van der Waals surface area contributed by atoms with Gasteiger partial charge in [-0.3, -0.25) is 0 Å². The Kier molecular flexibility index (Phi) is 3.28. The first-order valence-electron chi connectivity index (χ1n) is 7.31. The molecule has 0 spiro atoms. The van der Waals surface area contributed by atoms with Crippen molar-refractivity contribution >= 4 is 22.9 Å². The van der Waals surface area contributed by atoms with Gasteiger partial charge in [0.05, 0.1) is 5.69 Å². The van der Waals surface area contributed by atoms with Crippen molar-refractivity contribution < 1.29 is 0 Å². The molecule has 0 bridgehead atoms. The molecule has 0 saturated heterocycles. The molecule has 0 aliphatic heterocycles. The topological polar surface area (TPSA) is 43.3 Å². The van der Waals surface area contributed by atoms with Crippen molar-refractivity contribution in [3.63, 3.8) is 0 Å². The molecular formula is C19H14ClN3. The molecule has 23 heavy (non-hydrogen) atoms. The molecule has 2 heterocycles. The molecule has 3 nitrogen and oxygen atoms in total. The van der Waals surface area contributed by atoms with Gasteiger partial charge >= 0.3 is 0 Å². The van der Waals surface area contributed by atoms with Crippen LogP contribution >= 0.6 is 11.6 Å². The quantitative estimate of drug-likeness (QED) is 0.534. The average Bonchev–Trinajstić information content (AvgIpc) is 3.02. The van der Waals surface area contributed by atoms with E-state index in [1.54, 1.807) is 6.07 Å². The third kappa shape index (κ3) is 2.45. The van der Waals surface area contributed by atoms with Gasteiger partial charge in [0.25, 0.3) is 0 Å². The van der Waals surface area contributed by atoms with Gasteiger partial charge in [0.15, 0.2) is 0 Å². The summed E-state index contributed by atoms with van der Waals surface area (Å²) < 4.78 is 2.01. The smallest absolute Gasteiger partial charge is 0.145 e. The standard InChI is InChI=1S/C19H14ClN3/c20-14-8-9-17(21)16(11-14)15-7-4-10-23-12-18(22-19(15)23)13-5-2-1-3-6-13/h1-12H,21H2. The van der Waals surface area contributed by atoms with Gasteiger partial charge < -0.3 is 10.1 Å². The second kappa shape index (κ2) is 5.45. The third-order valence-electron chi connectivity index (χ3n) is 3.86. The molecule has 0 saturated carbocycles. The van der Waals surface area contributed by atoms with Crippen molar-refractivity contribution in [3.05, 3.63) is 78.1 Å². The fourth-order valence-electron chi connectivity index (χ4n) is 2.73. The number of imidazole rings is 1. The Labute approximate surface area is 139 Å². The SMILES string of the molecule is Nc1ccc(Cl)cc1-c1cccn2cc(-c3ccccc3)nc12. The molecule has 2 aromatic heterocycles. The fraction of sp³-hybridized carbons (Fsp3) is 0. The summed E-state index contributed by atoms with van der Waals surface area (Å²) in [5.74, 6) is 0. The molecule has 0 fully saturated rings. The van der Waals surface area contributed by atoms with Crippen molar-refractivity contribution in [2.24, 2.45) is 0 Å². The van der Waals surface area contributed by atoms with Gasteiger partial charge in [-0.05, 0) is 30.3 Å². The summed E-state index contributed by atoms with van der Waals surface area (Å²) in [5, 5.41) is 0.658. The molecule has 4 rings (SSSR count). The number of pyridine rings is 1. The van der Waals surface area contributed by atoms with E-state index in [1.807, 2.05) is 59.3 Å². The Morgan fingerprint density at radius 1 is 0.913 bits per heavy atom. The van der Waals surface area contributed by atoms with Crippen LogP contribution in [0, 0.1) is 0 Å². The minimum atomic E-state index is 0.658. The van der Waals surface area contributed by atoms with E-state index in [4.69, 9.17) is 22.3 Å². The maximum absolute atomic E-state index is 6.14. The van der Waals surface area contributed by atoms with E-state index in [-0.39, 0.29) is 0 Å². The highest BCUT2D eigenvalue weighted by molar-refractivity contribution is 6.31. The van der Waals surface area contributed by atoms with Crippen LogP contribution in [0.25, 0.3) is 28.0 Å². The second-order valence-electron chi connectivity index (χ2n) is 5.38. The lowest BCUT2D eigenvalue weighted by molar-refractivity contribution is 1.19. The van der Waals surface area contributed by atoms with Crippen LogP contribution in [-0.4, -0.2) is 9.38 Å². The lowest BCUT2D eigenvalue weighted by Gasteiger charge is -2.07. The summed E-state index contributed by atoms with van der Waals surface area (Å²) in [5.41, 5.74) is 11.6. The Balaban J connectivity index is 1.95. The van der Waals surface area contributed by atoms with Crippen LogP contribution in [0.4, 0.5) is 5.69 Å². The lowest BCUT2D eigenvalue weighted by atomic mass is 10.1. The number of halogens is 1. The highest BCUT2D eigenvalue weighted by Gasteiger charge is 2.12. The summed E-state index contributed by atoms with van der Waals surface area (Å²) in [7, 11) is 0. The largest absolute Gasteiger partial charge is 0.398 e. The molecule has 2 aromatic carbocycles. The van der Waals surface area contributed by atoms with E-state index >= 15 is 0 Å². The molecular weight excluding hydrogens is 306 g/mol. The summed E-state index contributed by atoms with van der Waals surface area (Å²) in [6.07, 6.45) is 4.01. The zero-order valence-electron chi connectivity index (χ0n) is 12.3. The lowest BCUT2D eigenvalue weighted by Crippen LogP contribution is -1.93. The normalized spacial score (nSPS) is 11.0. The van der Waals surface area contributed by atoms with Gasteiger partial charge in [-0.2, -0.15) is 0 Å². The third-order valence-corrected chi connectivity index (χ3v) is 4.09. The number of anilines is 1. The number of benzene rings is 2. The Hall–Kier alpha value is -2.78. The van der Waals surface area contributed by atoms with Gasteiger partial charge in [-0.15, -0.1) is 0 Å². The number of aromatic nitrogens is 2. The highest BCUT2D eigenvalue weighted by Crippen LogP contribution is 2.32. The van der Waals surface area contributed by atoms with Crippen molar-refractivity contribution in [1.29, 1.82) is 0 Å². The predicted molar refractivity (Wildman–Crippen MR) is 95.5 cm³/mol. The second-order valence-corrected chi connectivity index (χ2v) is 5.81. The van der Waals surface area contributed by atoms with Gasteiger partial charge in [0.2, 0.25) is 0 Å². The zero-order valence-corrected chi connectivity index (χ0v) is 13.0. The van der Waals surface area contributed by atoms with E-state index in [2.05, 4.69) is 12.1 Å². The number of nitrogen functional groups attached to an aromatic ring is 1. The van der Waals surface area contributed by atoms with E-state index in [1.165, 1.54) is 0 Å². The van der Waals surface area contributed by atoms with Crippen LogP contribution < -0.4 is 5.73 Å². The van der Waals surface area contributed by atoms with Crippen molar-refractivity contribution in [2.45, 2.75) is 0 Å². The monoisotopic (exact) mass is 319 g/mol. The summed E-state index contributed by atoms with van der Waals surface area (Å²) in [6, 6.07) is 19.6. The highest BCUT2D eigenvalue weighted by atomic mass is 35.5. The van der Waals surface area contributed by atoms with Crippen LogP contribution in [0.2, 0.25) is 5.02 Å². The molecule has 0 amide bonds. The fourth-order valence-corrected chi connectivity index (χ4v) is 2.91. The molecule has 2 N–H and O–H groups in total. The maximum Gasteiger partial charge on any atom is 0.145 e. The van der Waals surface area contributed by atoms with Gasteiger partial charge in [0.1, 0.15) is 5.65 Å². The predicted octanol–water partition coefficient (Wildman–Crippen LogP) is 4.90. The van der Waals surface area contributed by atoms with Crippen LogP contribution in [0.5, 0.6) is 0 Å². The number of rotatable bonds is 2. The molecule has 0 unspecified atom stereocenters. The number of fused-ring (bicyclic) bond motifs is 1. The Morgan fingerprint density at radius 2 is 1.74 bits per heavy atom. The number of hydrogen-bond acceptors (Lipinski definition) is 2. The number of hydrogen-bond donors (Lipinski definition) is 1. The summed E-state index contributed by atoms with van der Waals surface area (Å²) in [6.45, 7) is 0. The first kappa shape index (κ1) is 13.9. The average molecular weight is 320 g/mol. The number of nitrogens with zero attached hydrogens (tertiary/aromatic N) is 2. The first-order chi connectivity index (χ1) is 11.2. The molecule has 0 aliphatic rings. The first-order valence-corrected chi connectivity index (χ1v) is 7.69. The van der Waals surface area contributed by atoms with E-state index in [9.17, 15) is 0 Å². The Bertz CT molecular complexity index is 990. The minimum absolute atomic E-state index is 0.658. The van der Waals surface area contributed by atoms with Crippen LogP contribution in [0.1, 0.15) is 0 Å². The van der Waals surface area contributed by atoms with E-state index < -0.39 is 0 Å². The molecule has 0 atom stereocenters. The maximum atomic E-state index is 6.14. The van der Waals surface area contributed by atoms with Crippen LogP contribution in [-0.2, 0) is 0 Å². The van der Waals surface area contributed by atoms with Gasteiger partial charge in [-0.25, -0.2) is 4.98 Å².